The first-order valence-electron chi connectivity index (χ1n) is 8.84. The minimum atomic E-state index is -3.81. The van der Waals surface area contributed by atoms with Gasteiger partial charge in [-0.2, -0.15) is 4.31 Å². The molecule has 0 unspecified atom stereocenters. The van der Waals surface area contributed by atoms with Crippen LogP contribution >= 0.6 is 0 Å². The lowest BCUT2D eigenvalue weighted by molar-refractivity contribution is -0.385. The molecule has 0 spiro atoms. The minimum absolute atomic E-state index is 0.0784. The van der Waals surface area contributed by atoms with Crippen LogP contribution in [0, 0.1) is 23.0 Å². The van der Waals surface area contributed by atoms with Gasteiger partial charge in [-0.25, -0.2) is 8.42 Å². The van der Waals surface area contributed by atoms with E-state index in [1.54, 1.807) is 11.8 Å². The number of benzene rings is 1. The summed E-state index contributed by atoms with van der Waals surface area (Å²) in [5.74, 6) is 0.212. The molecule has 0 aromatic heterocycles. The monoisotopic (exact) mass is 381 g/mol. The Morgan fingerprint density at radius 2 is 1.77 bits per heavy atom. The van der Waals surface area contributed by atoms with Gasteiger partial charge in [-0.05, 0) is 25.8 Å². The molecule has 26 heavy (non-hydrogen) atoms. The van der Waals surface area contributed by atoms with Crippen molar-refractivity contribution < 1.29 is 18.1 Å². The largest absolute Gasteiger partial charge is 0.340 e. The molecule has 3 rings (SSSR count). The van der Waals surface area contributed by atoms with Gasteiger partial charge in [0.25, 0.3) is 5.69 Å². The Balaban J connectivity index is 1.71. The first-order valence-corrected chi connectivity index (χ1v) is 10.3. The topological polar surface area (TPSA) is 101 Å². The lowest BCUT2D eigenvalue weighted by atomic mass is 10.1. The average molecular weight is 381 g/mol. The molecule has 0 N–H and O–H groups in total. The second kappa shape index (κ2) is 7.32. The number of carbonyl (C=O) groups is 1. The standard InChI is InChI=1S/C17H23N3O5S/c1-13-6-7-15(12-16(13)20(22)23)26(24,25)19-10-8-18(9-11-19)17(21)14-4-2-3-5-14/h6-7,12,14H,2-5,8-11H2,1H3. The lowest BCUT2D eigenvalue weighted by Gasteiger charge is -2.35. The van der Waals surface area contributed by atoms with E-state index in [0.717, 1.165) is 31.7 Å². The van der Waals surface area contributed by atoms with E-state index in [4.69, 9.17) is 0 Å². The summed E-state index contributed by atoms with van der Waals surface area (Å²) in [6.45, 7) is 2.72. The minimum Gasteiger partial charge on any atom is -0.340 e. The number of amides is 1. The van der Waals surface area contributed by atoms with E-state index in [1.165, 1.54) is 16.4 Å². The lowest BCUT2D eigenvalue weighted by Crippen LogP contribution is -2.51. The van der Waals surface area contributed by atoms with Crippen molar-refractivity contribution in [3.05, 3.63) is 33.9 Å². The highest BCUT2D eigenvalue weighted by atomic mass is 32.2. The summed E-state index contributed by atoms with van der Waals surface area (Å²) in [6, 6.07) is 3.96. The van der Waals surface area contributed by atoms with Gasteiger partial charge in [-0.3, -0.25) is 14.9 Å². The molecule has 1 aromatic carbocycles. The number of hydrogen-bond donors (Lipinski definition) is 0. The highest BCUT2D eigenvalue weighted by Gasteiger charge is 2.34. The van der Waals surface area contributed by atoms with Gasteiger partial charge in [0.15, 0.2) is 0 Å². The summed E-state index contributed by atoms with van der Waals surface area (Å²) < 4.78 is 26.9. The van der Waals surface area contributed by atoms with Crippen LogP contribution in [0.3, 0.4) is 0 Å². The van der Waals surface area contributed by atoms with Crippen molar-refractivity contribution in [2.45, 2.75) is 37.5 Å². The van der Waals surface area contributed by atoms with E-state index in [1.807, 2.05) is 0 Å². The molecule has 0 bridgehead atoms. The van der Waals surface area contributed by atoms with E-state index >= 15 is 0 Å². The number of sulfonamides is 1. The van der Waals surface area contributed by atoms with E-state index in [2.05, 4.69) is 0 Å². The van der Waals surface area contributed by atoms with Crippen LogP contribution in [0.1, 0.15) is 31.2 Å². The van der Waals surface area contributed by atoms with Gasteiger partial charge < -0.3 is 4.90 Å². The zero-order valence-electron chi connectivity index (χ0n) is 14.8. The Kier molecular flexibility index (Phi) is 5.29. The average Bonchev–Trinajstić information content (AvgIpc) is 3.16. The number of carbonyl (C=O) groups excluding carboxylic acids is 1. The first kappa shape index (κ1) is 18.8. The fourth-order valence-corrected chi connectivity index (χ4v) is 5.12. The molecule has 0 atom stereocenters. The maximum absolute atomic E-state index is 12.8. The van der Waals surface area contributed by atoms with Crippen molar-refractivity contribution >= 4 is 21.6 Å². The number of rotatable bonds is 4. The van der Waals surface area contributed by atoms with Crippen LogP contribution in [0.2, 0.25) is 0 Å². The molecule has 1 heterocycles. The van der Waals surface area contributed by atoms with Crippen molar-refractivity contribution in [3.8, 4) is 0 Å². The van der Waals surface area contributed by atoms with Gasteiger partial charge in [0, 0.05) is 43.7 Å². The summed E-state index contributed by atoms with van der Waals surface area (Å²) in [6.07, 6.45) is 4.00. The third-order valence-electron chi connectivity index (χ3n) is 5.27. The molecule has 1 aliphatic carbocycles. The Bertz CT molecular complexity index is 810. The van der Waals surface area contributed by atoms with Crippen LogP contribution in [0.5, 0.6) is 0 Å². The Labute approximate surface area is 153 Å². The van der Waals surface area contributed by atoms with Crippen LogP contribution in [-0.2, 0) is 14.8 Å². The molecular weight excluding hydrogens is 358 g/mol. The smallest absolute Gasteiger partial charge is 0.273 e. The number of piperazine rings is 1. The fraction of sp³-hybridized carbons (Fsp3) is 0.588. The van der Waals surface area contributed by atoms with E-state index in [9.17, 15) is 23.3 Å². The van der Waals surface area contributed by atoms with Crippen molar-refractivity contribution in [3.63, 3.8) is 0 Å². The molecule has 2 aliphatic rings. The third-order valence-corrected chi connectivity index (χ3v) is 7.16. The number of nitro benzene ring substituents is 1. The van der Waals surface area contributed by atoms with E-state index in [0.29, 0.717) is 18.7 Å². The highest BCUT2D eigenvalue weighted by molar-refractivity contribution is 7.89. The van der Waals surface area contributed by atoms with Crippen LogP contribution in [0.15, 0.2) is 23.1 Å². The molecule has 2 fully saturated rings. The fourth-order valence-electron chi connectivity index (χ4n) is 3.68. The van der Waals surface area contributed by atoms with Crippen molar-refractivity contribution in [1.82, 2.24) is 9.21 Å². The molecule has 1 aliphatic heterocycles. The number of aryl methyl sites for hydroxylation is 1. The molecule has 1 saturated heterocycles. The van der Waals surface area contributed by atoms with Gasteiger partial charge in [-0.15, -0.1) is 0 Å². The van der Waals surface area contributed by atoms with Crippen molar-refractivity contribution in [2.75, 3.05) is 26.2 Å². The van der Waals surface area contributed by atoms with Gasteiger partial charge in [0.05, 0.1) is 9.82 Å². The zero-order valence-corrected chi connectivity index (χ0v) is 15.6. The first-order chi connectivity index (χ1) is 12.3. The number of nitrogens with zero attached hydrogens (tertiary/aromatic N) is 3. The van der Waals surface area contributed by atoms with E-state index < -0.39 is 14.9 Å². The second-order valence-electron chi connectivity index (χ2n) is 6.92. The zero-order chi connectivity index (χ0) is 18.9. The van der Waals surface area contributed by atoms with Gasteiger partial charge in [0.2, 0.25) is 15.9 Å². The summed E-state index contributed by atoms with van der Waals surface area (Å²) in [7, 11) is -3.81. The summed E-state index contributed by atoms with van der Waals surface area (Å²) in [5, 5.41) is 11.1. The Morgan fingerprint density at radius 3 is 2.35 bits per heavy atom. The maximum Gasteiger partial charge on any atom is 0.273 e. The normalized spacial score (nSPS) is 19.7. The molecule has 9 heteroatoms. The van der Waals surface area contributed by atoms with Gasteiger partial charge in [0.1, 0.15) is 0 Å². The summed E-state index contributed by atoms with van der Waals surface area (Å²) in [4.78, 5) is 24.6. The predicted octanol–water partition coefficient (Wildman–Crippen LogP) is 1.93. The summed E-state index contributed by atoms with van der Waals surface area (Å²) in [5.41, 5.74) is 0.210. The van der Waals surface area contributed by atoms with Crippen LogP contribution in [0.4, 0.5) is 5.69 Å². The van der Waals surface area contributed by atoms with Crippen LogP contribution < -0.4 is 0 Å². The highest BCUT2D eigenvalue weighted by Crippen LogP contribution is 2.28. The quantitative estimate of drug-likeness (QED) is 0.586. The molecule has 1 saturated carbocycles. The van der Waals surface area contributed by atoms with Crippen molar-refractivity contribution in [2.24, 2.45) is 5.92 Å². The Morgan fingerprint density at radius 1 is 1.15 bits per heavy atom. The SMILES string of the molecule is Cc1ccc(S(=O)(=O)N2CCN(C(=O)C3CCCC3)CC2)cc1[N+](=O)[O-]. The maximum atomic E-state index is 12.8. The Hall–Kier alpha value is -2.00. The van der Waals surface area contributed by atoms with Gasteiger partial charge >= 0.3 is 0 Å². The number of hydrogen-bond acceptors (Lipinski definition) is 5. The molecule has 0 radical (unpaired) electrons. The van der Waals surface area contributed by atoms with Crippen LogP contribution in [-0.4, -0.2) is 54.6 Å². The predicted molar refractivity (Wildman–Crippen MR) is 95.1 cm³/mol. The molecule has 1 amide bonds. The van der Waals surface area contributed by atoms with Gasteiger partial charge in [-0.1, -0.05) is 18.9 Å². The summed E-state index contributed by atoms with van der Waals surface area (Å²) >= 11 is 0. The molecule has 8 nitrogen and oxygen atoms in total. The van der Waals surface area contributed by atoms with Crippen LogP contribution in [0.25, 0.3) is 0 Å². The molecule has 1 aromatic rings. The second-order valence-corrected chi connectivity index (χ2v) is 8.85. The molecular formula is C17H23N3O5S. The van der Waals surface area contributed by atoms with Crippen molar-refractivity contribution in [1.29, 1.82) is 0 Å². The van der Waals surface area contributed by atoms with E-state index in [-0.39, 0.29) is 35.5 Å². The third kappa shape index (κ3) is 3.59. The molecule has 142 valence electrons. The number of nitro groups is 1.